The summed E-state index contributed by atoms with van der Waals surface area (Å²) >= 11 is 0. The normalized spacial score (nSPS) is 11.4. The van der Waals surface area contributed by atoms with E-state index in [1.54, 1.807) is 0 Å². The standard InChI is InChI=1S/C13H19NO4S/c15-13(16)9-4-10-14-19(17,18)11-5-8-12-6-2-1-3-7-12/h1-3,6-7,14H,4-5,8-11H2,(H,15,16). The van der Waals surface area contributed by atoms with Gasteiger partial charge in [0.25, 0.3) is 0 Å². The summed E-state index contributed by atoms with van der Waals surface area (Å²) in [5.74, 6) is -0.849. The van der Waals surface area contributed by atoms with Crippen LogP contribution in [0.1, 0.15) is 24.8 Å². The molecule has 0 aromatic heterocycles. The number of benzene rings is 1. The Morgan fingerprint density at radius 2 is 1.84 bits per heavy atom. The van der Waals surface area contributed by atoms with Gasteiger partial charge >= 0.3 is 5.97 Å². The molecule has 2 N–H and O–H groups in total. The molecule has 19 heavy (non-hydrogen) atoms. The first-order valence-electron chi connectivity index (χ1n) is 6.23. The van der Waals surface area contributed by atoms with Crippen LogP contribution in [0.15, 0.2) is 30.3 Å². The topological polar surface area (TPSA) is 83.5 Å². The molecule has 0 aliphatic carbocycles. The van der Waals surface area contributed by atoms with Crippen molar-refractivity contribution in [1.29, 1.82) is 0 Å². The SMILES string of the molecule is O=C(O)CCCNS(=O)(=O)CCCc1ccccc1. The lowest BCUT2D eigenvalue weighted by Gasteiger charge is -2.06. The van der Waals surface area contributed by atoms with Gasteiger partial charge < -0.3 is 5.11 Å². The summed E-state index contributed by atoms with van der Waals surface area (Å²) < 4.78 is 25.6. The predicted molar refractivity (Wildman–Crippen MR) is 73.4 cm³/mol. The maximum absolute atomic E-state index is 11.6. The fraction of sp³-hybridized carbons (Fsp3) is 0.462. The summed E-state index contributed by atoms with van der Waals surface area (Å²) in [6, 6.07) is 9.70. The Kier molecular flexibility index (Phi) is 6.52. The summed E-state index contributed by atoms with van der Waals surface area (Å²) in [5.41, 5.74) is 1.11. The predicted octanol–water partition coefficient (Wildman–Crippen LogP) is 1.40. The van der Waals surface area contributed by atoms with Gasteiger partial charge in [0.05, 0.1) is 5.75 Å². The van der Waals surface area contributed by atoms with Crippen LogP contribution in [0, 0.1) is 0 Å². The van der Waals surface area contributed by atoms with Gasteiger partial charge in [-0.1, -0.05) is 30.3 Å². The Balaban J connectivity index is 2.21. The third-order valence-corrected chi connectivity index (χ3v) is 4.08. The molecule has 0 spiro atoms. The Bertz CT molecular complexity index is 485. The lowest BCUT2D eigenvalue weighted by Crippen LogP contribution is -2.27. The van der Waals surface area contributed by atoms with Crippen molar-refractivity contribution in [2.24, 2.45) is 0 Å². The van der Waals surface area contributed by atoms with E-state index in [4.69, 9.17) is 5.11 Å². The van der Waals surface area contributed by atoms with E-state index < -0.39 is 16.0 Å². The van der Waals surface area contributed by atoms with Crippen LogP contribution in [0.3, 0.4) is 0 Å². The van der Waals surface area contributed by atoms with Gasteiger partial charge in [0.2, 0.25) is 10.0 Å². The molecule has 106 valence electrons. The summed E-state index contributed by atoms with van der Waals surface area (Å²) in [7, 11) is -3.29. The molecule has 1 rings (SSSR count). The van der Waals surface area contributed by atoms with Crippen LogP contribution in [0.25, 0.3) is 0 Å². The zero-order chi connectivity index (χ0) is 14.1. The Morgan fingerprint density at radius 1 is 1.16 bits per heavy atom. The fourth-order valence-electron chi connectivity index (χ4n) is 1.65. The molecule has 1 aromatic rings. The van der Waals surface area contributed by atoms with Crippen LogP contribution in [-0.4, -0.2) is 31.8 Å². The molecule has 0 saturated heterocycles. The van der Waals surface area contributed by atoms with Crippen molar-refractivity contribution in [3.8, 4) is 0 Å². The van der Waals surface area contributed by atoms with Crippen molar-refractivity contribution < 1.29 is 18.3 Å². The molecule has 0 heterocycles. The van der Waals surface area contributed by atoms with E-state index in [1.165, 1.54) is 0 Å². The lowest BCUT2D eigenvalue weighted by molar-refractivity contribution is -0.137. The third kappa shape index (κ3) is 7.58. The van der Waals surface area contributed by atoms with Crippen LogP contribution < -0.4 is 4.72 Å². The number of hydrogen-bond acceptors (Lipinski definition) is 3. The monoisotopic (exact) mass is 285 g/mol. The summed E-state index contributed by atoms with van der Waals surface area (Å²) in [5, 5.41) is 8.43. The molecule has 0 unspecified atom stereocenters. The summed E-state index contributed by atoms with van der Waals surface area (Å²) in [6.45, 7) is 0.181. The Hall–Kier alpha value is -1.40. The molecule has 0 bridgehead atoms. The van der Waals surface area contributed by atoms with Crippen molar-refractivity contribution in [2.75, 3.05) is 12.3 Å². The highest BCUT2D eigenvalue weighted by Crippen LogP contribution is 2.03. The van der Waals surface area contributed by atoms with Gasteiger partial charge in [0.1, 0.15) is 0 Å². The molecule has 0 saturated carbocycles. The van der Waals surface area contributed by atoms with Gasteiger partial charge in [-0.3, -0.25) is 4.79 Å². The molecule has 6 heteroatoms. The molecule has 0 atom stereocenters. The largest absolute Gasteiger partial charge is 0.481 e. The van der Waals surface area contributed by atoms with E-state index in [9.17, 15) is 13.2 Å². The number of carboxylic acids is 1. The number of sulfonamides is 1. The maximum atomic E-state index is 11.6. The molecular weight excluding hydrogens is 266 g/mol. The second-order valence-electron chi connectivity index (χ2n) is 4.30. The first kappa shape index (κ1) is 15.7. The van der Waals surface area contributed by atoms with Crippen LogP contribution in [-0.2, 0) is 21.2 Å². The molecule has 0 aliphatic heterocycles. The van der Waals surface area contributed by atoms with Gasteiger partial charge in [-0.2, -0.15) is 0 Å². The summed E-state index contributed by atoms with van der Waals surface area (Å²) in [4.78, 5) is 10.3. The van der Waals surface area contributed by atoms with Crippen molar-refractivity contribution in [3.05, 3.63) is 35.9 Å². The highest BCUT2D eigenvalue weighted by atomic mass is 32.2. The highest BCUT2D eigenvalue weighted by molar-refractivity contribution is 7.89. The number of aliphatic carboxylic acids is 1. The lowest BCUT2D eigenvalue weighted by atomic mass is 10.1. The fourth-order valence-corrected chi connectivity index (χ4v) is 2.77. The van der Waals surface area contributed by atoms with Gasteiger partial charge in [-0.05, 0) is 24.8 Å². The van der Waals surface area contributed by atoms with E-state index >= 15 is 0 Å². The van der Waals surface area contributed by atoms with Gasteiger partial charge in [0.15, 0.2) is 0 Å². The molecular formula is C13H19NO4S. The van der Waals surface area contributed by atoms with Gasteiger partial charge in [0, 0.05) is 13.0 Å². The second kappa shape index (κ2) is 7.91. The van der Waals surface area contributed by atoms with Crippen LogP contribution in [0.5, 0.6) is 0 Å². The quantitative estimate of drug-likeness (QED) is 0.672. The first-order valence-corrected chi connectivity index (χ1v) is 7.88. The Labute approximate surface area is 113 Å². The Morgan fingerprint density at radius 3 is 2.47 bits per heavy atom. The number of carboxylic acid groups (broad SMARTS) is 1. The van der Waals surface area contributed by atoms with Gasteiger partial charge in [-0.25, -0.2) is 13.1 Å². The van der Waals surface area contributed by atoms with Gasteiger partial charge in [-0.15, -0.1) is 0 Å². The summed E-state index contributed by atoms with van der Waals surface area (Å²) in [6.07, 6.45) is 1.56. The van der Waals surface area contributed by atoms with E-state index in [-0.39, 0.29) is 18.7 Å². The molecule has 0 fully saturated rings. The zero-order valence-corrected chi connectivity index (χ0v) is 11.5. The second-order valence-corrected chi connectivity index (χ2v) is 6.23. The van der Waals surface area contributed by atoms with E-state index in [1.807, 2.05) is 30.3 Å². The van der Waals surface area contributed by atoms with Crippen LogP contribution in [0.2, 0.25) is 0 Å². The molecule has 0 aliphatic rings. The molecule has 5 nitrogen and oxygen atoms in total. The van der Waals surface area contributed by atoms with Crippen molar-refractivity contribution >= 4 is 16.0 Å². The van der Waals surface area contributed by atoms with Crippen molar-refractivity contribution in [3.63, 3.8) is 0 Å². The average Bonchev–Trinajstić information content (AvgIpc) is 2.36. The molecule has 0 amide bonds. The smallest absolute Gasteiger partial charge is 0.303 e. The van der Waals surface area contributed by atoms with Crippen molar-refractivity contribution in [1.82, 2.24) is 4.72 Å². The van der Waals surface area contributed by atoms with Crippen LogP contribution in [0.4, 0.5) is 0 Å². The minimum atomic E-state index is -3.29. The number of rotatable bonds is 9. The number of nitrogens with one attached hydrogen (secondary N) is 1. The van der Waals surface area contributed by atoms with E-state index in [0.29, 0.717) is 12.8 Å². The zero-order valence-electron chi connectivity index (χ0n) is 10.7. The first-order chi connectivity index (χ1) is 8.99. The highest BCUT2D eigenvalue weighted by Gasteiger charge is 2.09. The maximum Gasteiger partial charge on any atom is 0.303 e. The van der Waals surface area contributed by atoms with E-state index in [0.717, 1.165) is 12.0 Å². The number of aryl methyl sites for hydroxylation is 1. The minimum Gasteiger partial charge on any atom is -0.481 e. The minimum absolute atomic E-state index is 0.0213. The van der Waals surface area contributed by atoms with Crippen molar-refractivity contribution in [2.45, 2.75) is 25.7 Å². The number of hydrogen-bond donors (Lipinski definition) is 2. The van der Waals surface area contributed by atoms with E-state index in [2.05, 4.69) is 4.72 Å². The third-order valence-electron chi connectivity index (χ3n) is 2.61. The average molecular weight is 285 g/mol. The molecule has 1 aromatic carbocycles. The van der Waals surface area contributed by atoms with Crippen LogP contribution >= 0.6 is 0 Å². The molecule has 0 radical (unpaired) electrons. The number of carbonyl (C=O) groups is 1.